The van der Waals surface area contributed by atoms with Crippen LogP contribution in [0.2, 0.25) is 0 Å². The number of thioether (sulfide) groups is 1. The predicted molar refractivity (Wildman–Crippen MR) is 167 cm³/mol. The lowest BCUT2D eigenvalue weighted by Gasteiger charge is -2.20. The van der Waals surface area contributed by atoms with Gasteiger partial charge in [0.05, 0.1) is 38.9 Å². The summed E-state index contributed by atoms with van der Waals surface area (Å²) in [5, 5.41) is 12.4. The molecule has 0 heterocycles. The van der Waals surface area contributed by atoms with Crippen LogP contribution in [0.3, 0.4) is 0 Å². The van der Waals surface area contributed by atoms with Crippen molar-refractivity contribution in [2.24, 2.45) is 0 Å². The maximum Gasteiger partial charge on any atom is 0.306 e. The lowest BCUT2D eigenvalue weighted by atomic mass is 9.95. The molecule has 0 bridgehead atoms. The second kappa shape index (κ2) is 15.3. The van der Waals surface area contributed by atoms with Crippen molar-refractivity contribution in [1.82, 2.24) is 5.32 Å². The summed E-state index contributed by atoms with van der Waals surface area (Å²) in [6.07, 6.45) is 2.96. The van der Waals surface area contributed by atoms with Crippen molar-refractivity contribution in [3.8, 4) is 28.4 Å². The van der Waals surface area contributed by atoms with Gasteiger partial charge in [-0.1, -0.05) is 18.2 Å². The number of carbonyl (C=O) groups is 2. The van der Waals surface area contributed by atoms with Gasteiger partial charge in [0.2, 0.25) is 5.75 Å². The molecule has 0 unspecified atom stereocenters. The molecule has 13 heteroatoms. The molecule has 1 amide bonds. The Morgan fingerprint density at radius 2 is 1.82 bits per heavy atom. The second-order valence-electron chi connectivity index (χ2n) is 10.0. The maximum absolute atomic E-state index is 13.6. The van der Waals surface area contributed by atoms with E-state index in [1.165, 1.54) is 18.9 Å². The highest BCUT2D eigenvalue weighted by molar-refractivity contribution is 7.98. The largest absolute Gasteiger partial charge is 0.493 e. The number of hydrogen-bond acceptors (Lipinski definition) is 11. The van der Waals surface area contributed by atoms with Crippen molar-refractivity contribution in [2.45, 2.75) is 43.2 Å². The number of methoxy groups -OCH3 is 3. The molecule has 12 nitrogen and oxygen atoms in total. The smallest absolute Gasteiger partial charge is 0.306 e. The summed E-state index contributed by atoms with van der Waals surface area (Å²) >= 11 is 1.34. The van der Waals surface area contributed by atoms with Crippen molar-refractivity contribution in [2.75, 3.05) is 34.2 Å². The summed E-state index contributed by atoms with van der Waals surface area (Å²) in [6.45, 7) is -0.278. The van der Waals surface area contributed by atoms with Crippen LogP contribution in [0, 0.1) is 10.1 Å². The number of hydrogen-bond donors (Lipinski definition) is 1. The molecule has 4 rings (SSSR count). The van der Waals surface area contributed by atoms with Crippen LogP contribution < -0.4 is 25.0 Å². The fraction of sp³-hybridized carbons (Fsp3) is 0.344. The molecule has 0 radical (unpaired) electrons. The first-order valence-corrected chi connectivity index (χ1v) is 15.3. The fourth-order valence-corrected chi connectivity index (χ4v) is 5.72. The number of carbonyl (C=O) groups excluding carboxylic acids is 2. The van der Waals surface area contributed by atoms with E-state index in [1.54, 1.807) is 50.6 Å². The second-order valence-corrected chi connectivity index (χ2v) is 10.9. The summed E-state index contributed by atoms with van der Waals surface area (Å²) in [5.41, 5.74) is 3.82. The molecule has 0 spiro atoms. The molecule has 3 aromatic rings. The molecule has 1 N–H and O–H groups in total. The topological polar surface area (TPSA) is 153 Å². The molecule has 1 atom stereocenters. The highest BCUT2D eigenvalue weighted by Gasteiger charge is 2.30. The number of amides is 1. The highest BCUT2D eigenvalue weighted by Crippen LogP contribution is 2.50. The molecular weight excluding hydrogens is 604 g/mol. The monoisotopic (exact) mass is 638 g/mol. The molecule has 0 aromatic heterocycles. The first kappa shape index (κ1) is 33.1. The van der Waals surface area contributed by atoms with Crippen molar-refractivity contribution < 1.29 is 38.5 Å². The first-order valence-electron chi connectivity index (χ1n) is 14.1. The minimum atomic E-state index is -0.916. The van der Waals surface area contributed by atoms with Crippen LogP contribution in [0.4, 0.5) is 0 Å². The van der Waals surface area contributed by atoms with Gasteiger partial charge in [0.15, 0.2) is 16.9 Å². The minimum Gasteiger partial charge on any atom is -0.493 e. The summed E-state index contributed by atoms with van der Waals surface area (Å²) in [7, 11) is 4.63. The van der Waals surface area contributed by atoms with E-state index in [4.69, 9.17) is 18.9 Å². The van der Waals surface area contributed by atoms with Gasteiger partial charge in [-0.25, -0.2) is 0 Å². The maximum atomic E-state index is 13.6. The molecular formula is C32H34N2O10S. The van der Waals surface area contributed by atoms with Gasteiger partial charge in [-0.05, 0) is 78.1 Å². The minimum absolute atomic E-state index is 0.0442. The van der Waals surface area contributed by atoms with Gasteiger partial charge in [-0.15, -0.1) is 21.9 Å². The van der Waals surface area contributed by atoms with Gasteiger partial charge in [0.25, 0.3) is 11.0 Å². The van der Waals surface area contributed by atoms with Crippen LogP contribution in [0.1, 0.15) is 52.4 Å². The van der Waals surface area contributed by atoms with Gasteiger partial charge in [-0.2, -0.15) is 0 Å². The summed E-state index contributed by atoms with van der Waals surface area (Å²) in [5.74, 6) is 0.494. The number of benzene rings is 2. The van der Waals surface area contributed by atoms with E-state index in [9.17, 15) is 24.5 Å². The van der Waals surface area contributed by atoms with Gasteiger partial charge >= 0.3 is 5.97 Å². The van der Waals surface area contributed by atoms with E-state index in [0.29, 0.717) is 51.7 Å². The Kier molecular flexibility index (Phi) is 11.3. The normalized spacial score (nSPS) is 13.4. The van der Waals surface area contributed by atoms with Gasteiger partial charge in [0.1, 0.15) is 6.61 Å². The zero-order valence-electron chi connectivity index (χ0n) is 25.4. The van der Waals surface area contributed by atoms with Crippen LogP contribution in [0.5, 0.6) is 17.2 Å². The van der Waals surface area contributed by atoms with E-state index in [2.05, 4.69) is 10.2 Å². The fourth-order valence-electron chi connectivity index (χ4n) is 5.25. The van der Waals surface area contributed by atoms with Crippen LogP contribution in [-0.2, 0) is 27.4 Å². The van der Waals surface area contributed by atoms with Crippen molar-refractivity contribution in [1.29, 1.82) is 0 Å². The number of fused-ring (bicyclic) bond motifs is 3. The molecule has 0 saturated heterocycles. The Labute approximate surface area is 264 Å². The summed E-state index contributed by atoms with van der Waals surface area (Å²) in [6, 6.07) is 13.3. The van der Waals surface area contributed by atoms with Crippen molar-refractivity contribution >= 4 is 23.6 Å². The zero-order valence-corrected chi connectivity index (χ0v) is 26.2. The van der Waals surface area contributed by atoms with Crippen LogP contribution in [0.15, 0.2) is 58.2 Å². The molecule has 238 valence electrons. The van der Waals surface area contributed by atoms with E-state index < -0.39 is 17.1 Å². The van der Waals surface area contributed by atoms with Gasteiger partial charge in [-0.3, -0.25) is 14.4 Å². The Bertz CT molecular complexity index is 1650. The average Bonchev–Trinajstić information content (AvgIpc) is 3.29. The lowest BCUT2D eigenvalue weighted by molar-refractivity contribution is -0.757. The van der Waals surface area contributed by atoms with Crippen LogP contribution >= 0.6 is 11.8 Å². The van der Waals surface area contributed by atoms with E-state index in [0.717, 1.165) is 16.7 Å². The Hall–Kier alpha value is -4.78. The van der Waals surface area contributed by atoms with Crippen molar-refractivity contribution in [3.63, 3.8) is 0 Å². The Morgan fingerprint density at radius 1 is 1.04 bits per heavy atom. The zero-order chi connectivity index (χ0) is 32.5. The molecule has 0 fully saturated rings. The molecule has 0 aliphatic heterocycles. The number of nitrogens with one attached hydrogen (secondary N) is 1. The van der Waals surface area contributed by atoms with Crippen LogP contribution in [0.25, 0.3) is 11.1 Å². The highest BCUT2D eigenvalue weighted by atomic mass is 32.2. The Morgan fingerprint density at radius 3 is 2.51 bits per heavy atom. The SMILES string of the molecule is COc1cc2c(c(OC)c1OC)-c1ccc(SC)c(=O)cc1[C@@H](NC(=O)c1cccc(COC(=O)CCCO[N+](=O)[O-])c1)CC2. The molecule has 0 saturated carbocycles. The van der Waals surface area contributed by atoms with E-state index in [1.807, 2.05) is 18.4 Å². The molecule has 1 aliphatic carbocycles. The molecule has 3 aromatic carbocycles. The van der Waals surface area contributed by atoms with Gasteiger partial charge < -0.3 is 29.1 Å². The molecule has 1 aliphatic rings. The number of aryl methyl sites for hydroxylation is 1. The third kappa shape index (κ3) is 7.85. The summed E-state index contributed by atoms with van der Waals surface area (Å²) < 4.78 is 22.3. The molecule has 45 heavy (non-hydrogen) atoms. The number of rotatable bonds is 13. The Balaban J connectivity index is 1.62. The van der Waals surface area contributed by atoms with Gasteiger partial charge in [0, 0.05) is 17.5 Å². The first-order chi connectivity index (χ1) is 21.7. The van der Waals surface area contributed by atoms with E-state index in [-0.39, 0.29) is 37.4 Å². The quantitative estimate of drug-likeness (QED) is 0.0893. The van der Waals surface area contributed by atoms with Crippen molar-refractivity contribution in [3.05, 3.63) is 91.1 Å². The number of ether oxygens (including phenoxy) is 4. The van der Waals surface area contributed by atoms with Crippen LogP contribution in [-0.4, -0.2) is 51.2 Å². The standard InChI is InChI=1S/C32H34N2O10S/c1-40-26-16-20-10-12-24(23-17-25(35)27(45-4)13-11-22(23)29(20)31(42-3)30(26)41-2)33-32(37)21-8-5-7-19(15-21)18-43-28(36)9-6-14-44-34(38)39/h5,7-8,11,13,15-17,24H,6,9-10,12,14,18H2,1-4H3,(H,33,37)/t24-/m0/s1. The third-order valence-electron chi connectivity index (χ3n) is 7.34. The van der Waals surface area contributed by atoms with E-state index >= 15 is 0 Å². The number of nitrogens with zero attached hydrogens (tertiary/aromatic N) is 1. The summed E-state index contributed by atoms with van der Waals surface area (Å²) in [4.78, 5) is 53.8. The number of esters is 1. The third-order valence-corrected chi connectivity index (χ3v) is 8.11. The average molecular weight is 639 g/mol. The predicted octanol–water partition coefficient (Wildman–Crippen LogP) is 4.91. The lowest BCUT2D eigenvalue weighted by Crippen LogP contribution is -2.29.